The Balaban J connectivity index is 1.60. The minimum absolute atomic E-state index is 0.0178. The summed E-state index contributed by atoms with van der Waals surface area (Å²) in [5.74, 6) is -0.158. The molecule has 0 aliphatic heterocycles. The minimum Gasteiger partial charge on any atom is -0.482 e. The number of esters is 1. The quantitative estimate of drug-likeness (QED) is 0.471. The molecular weight excluding hydrogens is 379 g/mol. The van der Waals surface area contributed by atoms with E-state index in [0.717, 1.165) is 10.9 Å². The summed E-state index contributed by atoms with van der Waals surface area (Å²) < 4.78 is 15.7. The van der Waals surface area contributed by atoms with Gasteiger partial charge in [-0.05, 0) is 36.8 Å². The molecule has 0 radical (unpaired) electrons. The first-order valence-electron chi connectivity index (χ1n) is 7.69. The fraction of sp³-hybridized carbons (Fsp3) is 0.158. The van der Waals surface area contributed by atoms with Crippen LogP contribution in [0.2, 0.25) is 10.0 Å². The van der Waals surface area contributed by atoms with E-state index in [9.17, 15) is 9.59 Å². The van der Waals surface area contributed by atoms with Crippen LogP contribution in [0.1, 0.15) is 11.1 Å². The topological polar surface area (TPSA) is 65.7 Å². The molecule has 1 heterocycles. The summed E-state index contributed by atoms with van der Waals surface area (Å²) in [7, 11) is 0. The Morgan fingerprint density at radius 1 is 1.12 bits per heavy atom. The zero-order chi connectivity index (χ0) is 18.7. The maximum Gasteiger partial charge on any atom is 0.344 e. The Morgan fingerprint density at radius 3 is 2.69 bits per heavy atom. The summed E-state index contributed by atoms with van der Waals surface area (Å²) in [6, 6.07) is 11.4. The summed E-state index contributed by atoms with van der Waals surface area (Å²) in [4.78, 5) is 23.3. The first kappa shape index (κ1) is 18.3. The van der Waals surface area contributed by atoms with Crippen LogP contribution >= 0.6 is 23.2 Å². The van der Waals surface area contributed by atoms with Crippen molar-refractivity contribution in [1.29, 1.82) is 0 Å². The van der Waals surface area contributed by atoms with E-state index in [0.29, 0.717) is 26.9 Å². The van der Waals surface area contributed by atoms with Crippen molar-refractivity contribution in [2.75, 3.05) is 6.61 Å². The fourth-order valence-electron chi connectivity index (χ4n) is 2.38. The second-order valence-corrected chi connectivity index (χ2v) is 6.44. The fourth-order valence-corrected chi connectivity index (χ4v) is 2.84. The van der Waals surface area contributed by atoms with Gasteiger partial charge in [0, 0.05) is 33.1 Å². The maximum absolute atomic E-state index is 11.8. The lowest BCUT2D eigenvalue weighted by molar-refractivity contribution is -0.147. The van der Waals surface area contributed by atoms with Crippen molar-refractivity contribution >= 4 is 40.1 Å². The molecule has 5 nitrogen and oxygen atoms in total. The van der Waals surface area contributed by atoms with Crippen molar-refractivity contribution < 1.29 is 18.7 Å². The third kappa shape index (κ3) is 4.36. The zero-order valence-corrected chi connectivity index (χ0v) is 15.3. The van der Waals surface area contributed by atoms with E-state index in [1.165, 1.54) is 6.07 Å². The van der Waals surface area contributed by atoms with Crippen LogP contribution in [0, 0.1) is 6.92 Å². The van der Waals surface area contributed by atoms with Crippen molar-refractivity contribution in [3.63, 3.8) is 0 Å². The zero-order valence-electron chi connectivity index (χ0n) is 13.8. The van der Waals surface area contributed by atoms with Crippen LogP contribution in [0.5, 0.6) is 5.75 Å². The molecule has 0 spiro atoms. The van der Waals surface area contributed by atoms with Crippen LogP contribution in [0.3, 0.4) is 0 Å². The van der Waals surface area contributed by atoms with Gasteiger partial charge in [-0.2, -0.15) is 0 Å². The highest BCUT2D eigenvalue weighted by Crippen LogP contribution is 2.23. The van der Waals surface area contributed by atoms with E-state index >= 15 is 0 Å². The Morgan fingerprint density at radius 2 is 1.92 bits per heavy atom. The number of rotatable bonds is 5. The van der Waals surface area contributed by atoms with E-state index in [4.69, 9.17) is 37.1 Å². The Kier molecular flexibility index (Phi) is 5.49. The van der Waals surface area contributed by atoms with Crippen molar-refractivity contribution in [3.8, 4) is 5.75 Å². The van der Waals surface area contributed by atoms with Gasteiger partial charge < -0.3 is 13.9 Å². The first-order chi connectivity index (χ1) is 12.4. The summed E-state index contributed by atoms with van der Waals surface area (Å²) in [5, 5.41) is 1.73. The third-order valence-electron chi connectivity index (χ3n) is 3.68. The summed E-state index contributed by atoms with van der Waals surface area (Å²) in [5.41, 5.74) is 1.41. The van der Waals surface area contributed by atoms with Gasteiger partial charge in [-0.1, -0.05) is 29.3 Å². The predicted molar refractivity (Wildman–Crippen MR) is 99.0 cm³/mol. The molecule has 0 amide bonds. The SMILES string of the molecule is Cc1cc(=O)oc2cc(OCC(=O)OCc3ccc(Cl)cc3Cl)ccc12. The van der Waals surface area contributed by atoms with Gasteiger partial charge >= 0.3 is 11.6 Å². The first-order valence-corrected chi connectivity index (χ1v) is 8.45. The monoisotopic (exact) mass is 392 g/mol. The second kappa shape index (κ2) is 7.81. The van der Waals surface area contributed by atoms with E-state index in [1.807, 2.05) is 6.92 Å². The maximum atomic E-state index is 11.8. The average molecular weight is 393 g/mol. The summed E-state index contributed by atoms with van der Waals surface area (Å²) in [6.45, 7) is 1.55. The number of ether oxygens (including phenoxy) is 2. The van der Waals surface area contributed by atoms with E-state index in [1.54, 1.807) is 36.4 Å². The van der Waals surface area contributed by atoms with Gasteiger partial charge in [0.1, 0.15) is 17.9 Å². The molecule has 3 aromatic rings. The molecule has 0 atom stereocenters. The van der Waals surface area contributed by atoms with Crippen LogP contribution in [-0.4, -0.2) is 12.6 Å². The molecule has 26 heavy (non-hydrogen) atoms. The normalized spacial score (nSPS) is 10.7. The molecule has 0 fully saturated rings. The lowest BCUT2D eigenvalue weighted by Crippen LogP contribution is -2.14. The lowest BCUT2D eigenvalue weighted by atomic mass is 10.1. The van der Waals surface area contributed by atoms with Crippen molar-refractivity contribution in [2.45, 2.75) is 13.5 Å². The van der Waals surface area contributed by atoms with Crippen molar-refractivity contribution in [1.82, 2.24) is 0 Å². The Labute approximate surface area is 159 Å². The molecule has 3 rings (SSSR count). The van der Waals surface area contributed by atoms with Gasteiger partial charge in [-0.25, -0.2) is 9.59 Å². The summed E-state index contributed by atoms with van der Waals surface area (Å²) >= 11 is 11.8. The molecule has 0 N–H and O–H groups in total. The van der Waals surface area contributed by atoms with Gasteiger partial charge in [0.15, 0.2) is 6.61 Å². The highest BCUT2D eigenvalue weighted by atomic mass is 35.5. The average Bonchev–Trinajstić information content (AvgIpc) is 2.58. The molecule has 2 aromatic carbocycles. The number of carbonyl (C=O) groups excluding carboxylic acids is 1. The van der Waals surface area contributed by atoms with Crippen molar-refractivity contribution in [3.05, 3.63) is 74.1 Å². The van der Waals surface area contributed by atoms with Crippen LogP contribution in [0.15, 0.2) is 51.7 Å². The molecule has 0 aliphatic carbocycles. The van der Waals surface area contributed by atoms with Gasteiger partial charge in [-0.15, -0.1) is 0 Å². The molecular formula is C19H14Cl2O5. The van der Waals surface area contributed by atoms with Crippen LogP contribution in [0.25, 0.3) is 11.0 Å². The number of benzene rings is 2. The number of fused-ring (bicyclic) bond motifs is 1. The van der Waals surface area contributed by atoms with Gasteiger partial charge in [0.05, 0.1) is 0 Å². The predicted octanol–water partition coefficient (Wildman–Crippen LogP) is 4.53. The number of hydrogen-bond acceptors (Lipinski definition) is 5. The van der Waals surface area contributed by atoms with Gasteiger partial charge in [0.25, 0.3) is 0 Å². The highest BCUT2D eigenvalue weighted by Gasteiger charge is 2.09. The smallest absolute Gasteiger partial charge is 0.344 e. The number of aryl methyl sites for hydroxylation is 1. The number of hydrogen-bond donors (Lipinski definition) is 0. The summed E-state index contributed by atoms with van der Waals surface area (Å²) in [6.07, 6.45) is 0. The van der Waals surface area contributed by atoms with E-state index in [-0.39, 0.29) is 13.2 Å². The molecule has 7 heteroatoms. The van der Waals surface area contributed by atoms with E-state index < -0.39 is 11.6 Å². The largest absolute Gasteiger partial charge is 0.482 e. The van der Waals surface area contributed by atoms with Crippen LogP contribution < -0.4 is 10.4 Å². The Bertz CT molecular complexity index is 1030. The molecule has 0 bridgehead atoms. The lowest BCUT2D eigenvalue weighted by Gasteiger charge is -2.09. The highest BCUT2D eigenvalue weighted by molar-refractivity contribution is 6.35. The molecule has 1 aromatic heterocycles. The van der Waals surface area contributed by atoms with E-state index in [2.05, 4.69) is 0 Å². The Hall–Kier alpha value is -2.50. The van der Waals surface area contributed by atoms with Crippen molar-refractivity contribution in [2.24, 2.45) is 0 Å². The molecule has 0 saturated carbocycles. The molecule has 0 aliphatic rings. The molecule has 134 valence electrons. The second-order valence-electron chi connectivity index (χ2n) is 5.59. The third-order valence-corrected chi connectivity index (χ3v) is 4.27. The molecule has 0 unspecified atom stereocenters. The number of halogens is 2. The standard InChI is InChI=1S/C19H14Cl2O5/c1-11-6-18(22)26-17-8-14(4-5-15(11)17)24-10-19(23)25-9-12-2-3-13(20)7-16(12)21/h2-8H,9-10H2,1H3. The number of carbonyl (C=O) groups is 1. The van der Waals surface area contributed by atoms with Gasteiger partial charge in [0.2, 0.25) is 0 Å². The van der Waals surface area contributed by atoms with Gasteiger partial charge in [-0.3, -0.25) is 0 Å². The van der Waals surface area contributed by atoms with Crippen LogP contribution in [0.4, 0.5) is 0 Å². The molecule has 0 saturated heterocycles. The minimum atomic E-state index is -0.554. The van der Waals surface area contributed by atoms with Crippen LogP contribution in [-0.2, 0) is 16.1 Å².